The van der Waals surface area contributed by atoms with E-state index >= 15 is 0 Å². The van der Waals surface area contributed by atoms with Crippen molar-refractivity contribution in [2.45, 2.75) is 29.9 Å². The minimum absolute atomic E-state index is 0.148. The Hall–Kier alpha value is 0.0500. The fraction of sp³-hybridized carbons (Fsp3) is 0.667. The Balaban J connectivity index is 2.00. The lowest BCUT2D eigenvalue weighted by Crippen LogP contribution is -2.35. The molecule has 1 aliphatic carbocycles. The molecule has 1 fully saturated rings. The summed E-state index contributed by atoms with van der Waals surface area (Å²) < 4.78 is 27.9. The predicted octanol–water partition coefficient (Wildman–Crippen LogP) is 2.59. The Bertz CT molecular complexity index is 515. The zero-order valence-electron chi connectivity index (χ0n) is 10.5. The first-order valence-corrected chi connectivity index (χ1v) is 9.53. The first kappa shape index (κ1) is 15.4. The molecule has 0 spiro atoms. The van der Waals surface area contributed by atoms with Crippen LogP contribution in [0.25, 0.3) is 0 Å². The van der Waals surface area contributed by atoms with E-state index in [9.17, 15) is 13.5 Å². The minimum Gasteiger partial charge on any atom is -0.396 e. The molecule has 0 bridgehead atoms. The van der Waals surface area contributed by atoms with Crippen LogP contribution in [0.4, 0.5) is 0 Å². The molecule has 108 valence electrons. The van der Waals surface area contributed by atoms with E-state index in [-0.39, 0.29) is 18.4 Å². The van der Waals surface area contributed by atoms with Crippen LogP contribution in [0, 0.1) is 11.8 Å². The second-order valence-corrected chi connectivity index (χ2v) is 8.63. The van der Waals surface area contributed by atoms with Crippen molar-refractivity contribution in [3.63, 3.8) is 0 Å². The quantitative estimate of drug-likeness (QED) is 0.840. The van der Waals surface area contributed by atoms with Crippen molar-refractivity contribution in [2.24, 2.45) is 11.8 Å². The van der Waals surface area contributed by atoms with Gasteiger partial charge >= 0.3 is 0 Å². The van der Waals surface area contributed by atoms with Crippen LogP contribution in [-0.4, -0.2) is 26.7 Å². The fourth-order valence-electron chi connectivity index (χ4n) is 2.55. The Morgan fingerprint density at radius 3 is 2.63 bits per heavy atom. The molecule has 19 heavy (non-hydrogen) atoms. The van der Waals surface area contributed by atoms with Gasteiger partial charge in [-0.25, -0.2) is 13.1 Å². The molecule has 0 saturated heterocycles. The van der Waals surface area contributed by atoms with Crippen molar-refractivity contribution in [3.05, 3.63) is 15.9 Å². The number of aliphatic hydroxyl groups is 1. The minimum atomic E-state index is -3.44. The zero-order valence-corrected chi connectivity index (χ0v) is 13.7. The number of sulfonamides is 1. The van der Waals surface area contributed by atoms with Gasteiger partial charge in [-0.15, -0.1) is 11.3 Å². The van der Waals surface area contributed by atoms with Gasteiger partial charge in [-0.05, 0) is 52.1 Å². The average Bonchev–Trinajstić information content (AvgIpc) is 2.84. The highest BCUT2D eigenvalue weighted by Gasteiger charge is 2.27. The molecule has 4 nitrogen and oxygen atoms in total. The van der Waals surface area contributed by atoms with Crippen LogP contribution in [0.5, 0.6) is 0 Å². The summed E-state index contributed by atoms with van der Waals surface area (Å²) in [6, 6.07) is 1.73. The van der Waals surface area contributed by atoms with Gasteiger partial charge in [-0.2, -0.15) is 0 Å². The van der Waals surface area contributed by atoms with Crippen molar-refractivity contribution in [1.29, 1.82) is 0 Å². The highest BCUT2D eigenvalue weighted by atomic mass is 79.9. The number of hydrogen-bond donors (Lipinski definition) is 2. The maximum absolute atomic E-state index is 12.2. The molecule has 1 aromatic rings. The van der Waals surface area contributed by atoms with Crippen LogP contribution in [0.15, 0.2) is 20.1 Å². The van der Waals surface area contributed by atoms with E-state index in [1.807, 2.05) is 0 Å². The number of rotatable bonds is 5. The summed E-state index contributed by atoms with van der Waals surface area (Å²) in [5, 5.41) is 11.1. The van der Waals surface area contributed by atoms with E-state index in [0.717, 1.165) is 25.7 Å². The summed E-state index contributed by atoms with van der Waals surface area (Å²) >= 11 is 4.45. The Kier molecular flexibility index (Phi) is 5.42. The Labute approximate surface area is 126 Å². The van der Waals surface area contributed by atoms with Crippen molar-refractivity contribution in [3.8, 4) is 0 Å². The molecule has 7 heteroatoms. The molecular weight excluding hydrogens is 350 g/mol. The third-order valence-electron chi connectivity index (χ3n) is 3.67. The third-order valence-corrected chi connectivity index (χ3v) is 7.76. The Morgan fingerprint density at radius 1 is 1.37 bits per heavy atom. The van der Waals surface area contributed by atoms with Crippen LogP contribution < -0.4 is 4.72 Å². The van der Waals surface area contributed by atoms with Crippen LogP contribution in [0.2, 0.25) is 0 Å². The van der Waals surface area contributed by atoms with Crippen LogP contribution in [0.1, 0.15) is 25.7 Å². The zero-order chi connectivity index (χ0) is 13.9. The van der Waals surface area contributed by atoms with Gasteiger partial charge in [-0.1, -0.05) is 12.8 Å². The highest BCUT2D eigenvalue weighted by molar-refractivity contribution is 9.10. The monoisotopic (exact) mass is 367 g/mol. The summed E-state index contributed by atoms with van der Waals surface area (Å²) in [5.41, 5.74) is 0. The van der Waals surface area contributed by atoms with Gasteiger partial charge in [0.25, 0.3) is 10.0 Å². The number of hydrogen-bond acceptors (Lipinski definition) is 4. The molecule has 2 unspecified atom stereocenters. The number of halogens is 1. The Morgan fingerprint density at radius 2 is 2.05 bits per heavy atom. The van der Waals surface area contributed by atoms with Gasteiger partial charge < -0.3 is 5.11 Å². The summed E-state index contributed by atoms with van der Waals surface area (Å²) in [6.45, 7) is 0.562. The standard InChI is InChI=1S/C12H18BrNO3S2/c13-11-5-6-18-12(11)19(16,17)14-7-9-3-1-2-4-10(9)8-15/h5-6,9-10,14-15H,1-4,7-8H2. The van der Waals surface area contributed by atoms with Crippen LogP contribution in [-0.2, 0) is 10.0 Å². The van der Waals surface area contributed by atoms with Gasteiger partial charge in [0, 0.05) is 17.6 Å². The molecule has 2 atom stereocenters. The van der Waals surface area contributed by atoms with Gasteiger partial charge in [0.05, 0.1) is 0 Å². The lowest BCUT2D eigenvalue weighted by Gasteiger charge is -2.30. The largest absolute Gasteiger partial charge is 0.396 e. The van der Waals surface area contributed by atoms with E-state index in [4.69, 9.17) is 0 Å². The van der Waals surface area contributed by atoms with E-state index in [0.29, 0.717) is 15.2 Å². The van der Waals surface area contributed by atoms with Crippen molar-refractivity contribution in [1.82, 2.24) is 4.72 Å². The maximum atomic E-state index is 12.2. The normalized spacial score (nSPS) is 24.5. The van der Waals surface area contributed by atoms with Gasteiger partial charge in [0.1, 0.15) is 4.21 Å². The molecule has 0 aliphatic heterocycles. The second kappa shape index (κ2) is 6.67. The van der Waals surface area contributed by atoms with Gasteiger partial charge in [0.15, 0.2) is 0 Å². The van der Waals surface area contributed by atoms with E-state index in [1.54, 1.807) is 11.4 Å². The molecule has 1 heterocycles. The molecule has 0 aromatic carbocycles. The SMILES string of the molecule is O=S(=O)(NCC1CCCCC1CO)c1sccc1Br. The molecular formula is C12H18BrNO3S2. The second-order valence-electron chi connectivity index (χ2n) is 4.90. The van der Waals surface area contributed by atoms with Crippen LogP contribution >= 0.6 is 27.3 Å². The first-order valence-electron chi connectivity index (χ1n) is 6.38. The predicted molar refractivity (Wildman–Crippen MR) is 79.7 cm³/mol. The summed E-state index contributed by atoms with van der Waals surface area (Å²) in [5.74, 6) is 0.468. The fourth-order valence-corrected chi connectivity index (χ4v) is 6.02. The number of nitrogens with one attached hydrogen (secondary N) is 1. The lowest BCUT2D eigenvalue weighted by molar-refractivity contribution is 0.136. The third kappa shape index (κ3) is 3.78. The first-order chi connectivity index (χ1) is 9.04. The van der Waals surface area contributed by atoms with E-state index in [1.165, 1.54) is 11.3 Å². The molecule has 1 aliphatic rings. The average molecular weight is 368 g/mol. The van der Waals surface area contributed by atoms with Crippen molar-refractivity contribution in [2.75, 3.05) is 13.2 Å². The number of aliphatic hydroxyl groups excluding tert-OH is 1. The van der Waals surface area contributed by atoms with Crippen molar-refractivity contribution < 1.29 is 13.5 Å². The number of thiophene rings is 1. The van der Waals surface area contributed by atoms with Gasteiger partial charge in [-0.3, -0.25) is 0 Å². The molecule has 0 amide bonds. The highest BCUT2D eigenvalue weighted by Crippen LogP contribution is 2.31. The van der Waals surface area contributed by atoms with E-state index in [2.05, 4.69) is 20.7 Å². The van der Waals surface area contributed by atoms with Crippen molar-refractivity contribution >= 4 is 37.3 Å². The maximum Gasteiger partial charge on any atom is 0.251 e. The molecule has 1 aromatic heterocycles. The smallest absolute Gasteiger partial charge is 0.251 e. The summed E-state index contributed by atoms with van der Waals surface area (Å²) in [7, 11) is -3.44. The molecule has 2 N–H and O–H groups in total. The molecule has 0 radical (unpaired) electrons. The summed E-state index contributed by atoms with van der Waals surface area (Å²) in [6.07, 6.45) is 4.22. The van der Waals surface area contributed by atoms with Gasteiger partial charge in [0.2, 0.25) is 0 Å². The van der Waals surface area contributed by atoms with E-state index < -0.39 is 10.0 Å². The molecule has 2 rings (SSSR count). The molecule has 1 saturated carbocycles. The topological polar surface area (TPSA) is 66.4 Å². The summed E-state index contributed by atoms with van der Waals surface area (Å²) in [4.78, 5) is 0. The van der Waals surface area contributed by atoms with Crippen LogP contribution in [0.3, 0.4) is 0 Å². The lowest BCUT2D eigenvalue weighted by atomic mass is 9.80.